The minimum absolute atomic E-state index is 0. The second-order valence-corrected chi connectivity index (χ2v) is 6.42. The Bertz CT molecular complexity index is 812. The minimum atomic E-state index is -0.464. The van der Waals surface area contributed by atoms with Crippen molar-refractivity contribution in [2.45, 2.75) is 31.3 Å². The quantitative estimate of drug-likeness (QED) is 0.641. The summed E-state index contributed by atoms with van der Waals surface area (Å²) in [5.74, 6) is -0.118. The molecule has 2 saturated heterocycles. The molecule has 2 unspecified atom stereocenters. The third-order valence-corrected chi connectivity index (χ3v) is 4.91. The van der Waals surface area contributed by atoms with Crippen LogP contribution in [0.2, 0.25) is 0 Å². The van der Waals surface area contributed by atoms with Crippen LogP contribution in [0.25, 0.3) is 5.69 Å². The molecule has 2 fully saturated rings. The zero-order valence-electron chi connectivity index (χ0n) is 13.9. The summed E-state index contributed by atoms with van der Waals surface area (Å²) in [4.78, 5) is 25.3. The molecule has 0 radical (unpaired) electrons. The molecule has 0 aliphatic carbocycles. The van der Waals surface area contributed by atoms with E-state index in [1.54, 1.807) is 18.3 Å². The Balaban J connectivity index is 0.00000196. The van der Waals surface area contributed by atoms with Gasteiger partial charge in [-0.15, -0.1) is 17.5 Å². The molecule has 0 spiro atoms. The van der Waals surface area contributed by atoms with E-state index in [2.05, 4.69) is 15.6 Å². The van der Waals surface area contributed by atoms with E-state index >= 15 is 0 Å². The van der Waals surface area contributed by atoms with Gasteiger partial charge in [0.2, 0.25) is 0 Å². The van der Waals surface area contributed by atoms with Gasteiger partial charge in [-0.05, 0) is 31.9 Å². The van der Waals surface area contributed by atoms with Gasteiger partial charge in [-0.25, -0.2) is 4.68 Å². The second-order valence-electron chi connectivity index (χ2n) is 6.42. The van der Waals surface area contributed by atoms with Gasteiger partial charge < -0.3 is 10.2 Å². The van der Waals surface area contributed by atoms with Gasteiger partial charge in [-0.2, -0.15) is 0 Å². The van der Waals surface area contributed by atoms with E-state index in [9.17, 15) is 14.9 Å². The van der Waals surface area contributed by atoms with Crippen molar-refractivity contribution < 1.29 is 9.72 Å². The van der Waals surface area contributed by atoms with Gasteiger partial charge in [0.1, 0.15) is 0 Å². The number of halogens is 1. The van der Waals surface area contributed by atoms with E-state index in [1.165, 1.54) is 16.8 Å². The third kappa shape index (κ3) is 3.27. The summed E-state index contributed by atoms with van der Waals surface area (Å²) in [6, 6.07) is 6.53. The zero-order valence-corrected chi connectivity index (χ0v) is 14.8. The Morgan fingerprint density at radius 2 is 2.08 bits per heavy atom. The van der Waals surface area contributed by atoms with Gasteiger partial charge in [-0.1, -0.05) is 11.3 Å². The number of nitro benzene ring substituents is 1. The van der Waals surface area contributed by atoms with Crippen LogP contribution >= 0.6 is 12.4 Å². The van der Waals surface area contributed by atoms with Gasteiger partial charge >= 0.3 is 0 Å². The predicted octanol–water partition coefficient (Wildman–Crippen LogP) is 1.56. The molecule has 3 heterocycles. The van der Waals surface area contributed by atoms with Crippen molar-refractivity contribution >= 4 is 24.0 Å². The number of nitro groups is 1. The fourth-order valence-electron chi connectivity index (χ4n) is 3.68. The van der Waals surface area contributed by atoms with Crippen LogP contribution in [0.4, 0.5) is 5.69 Å². The van der Waals surface area contributed by atoms with Crippen LogP contribution in [0.15, 0.2) is 30.5 Å². The van der Waals surface area contributed by atoms with Gasteiger partial charge in [0.15, 0.2) is 5.69 Å². The highest BCUT2D eigenvalue weighted by atomic mass is 35.5. The number of carbonyl (C=O) groups excluding carboxylic acids is 1. The minimum Gasteiger partial charge on any atom is -0.330 e. The van der Waals surface area contributed by atoms with E-state index < -0.39 is 4.92 Å². The number of hydrogen-bond acceptors (Lipinski definition) is 6. The van der Waals surface area contributed by atoms with Gasteiger partial charge in [0, 0.05) is 30.8 Å². The Hall–Kier alpha value is -2.52. The Morgan fingerprint density at radius 3 is 2.88 bits per heavy atom. The molecule has 4 rings (SSSR count). The first kappa shape index (κ1) is 18.3. The summed E-state index contributed by atoms with van der Waals surface area (Å²) in [7, 11) is 0. The fourth-order valence-corrected chi connectivity index (χ4v) is 3.68. The molecule has 138 valence electrons. The summed E-state index contributed by atoms with van der Waals surface area (Å²) in [6.07, 6.45) is 4.51. The van der Waals surface area contributed by atoms with E-state index in [0.29, 0.717) is 5.69 Å². The first-order valence-electron chi connectivity index (χ1n) is 8.34. The Kier molecular flexibility index (Phi) is 5.19. The predicted molar refractivity (Wildman–Crippen MR) is 95.7 cm³/mol. The molecular weight excluding hydrogens is 360 g/mol. The topological polar surface area (TPSA) is 106 Å². The molecule has 2 atom stereocenters. The van der Waals surface area contributed by atoms with E-state index in [0.717, 1.165) is 32.4 Å². The van der Waals surface area contributed by atoms with Gasteiger partial charge in [0.25, 0.3) is 11.6 Å². The van der Waals surface area contributed by atoms with Crippen LogP contribution in [0.1, 0.15) is 29.8 Å². The SMILES string of the molecule is Cl.O=C(c1cn(-c2cccc([N+](=O)[O-])c2)nn1)N1C2CCNCC1CC2. The van der Waals surface area contributed by atoms with E-state index in [1.807, 2.05) is 4.90 Å². The molecule has 2 aliphatic rings. The molecule has 2 bridgehead atoms. The lowest BCUT2D eigenvalue weighted by atomic mass is 10.1. The summed E-state index contributed by atoms with van der Waals surface area (Å²) >= 11 is 0. The van der Waals surface area contributed by atoms with Crippen molar-refractivity contribution in [3.8, 4) is 5.69 Å². The number of nitrogens with one attached hydrogen (secondary N) is 1. The van der Waals surface area contributed by atoms with Crippen LogP contribution < -0.4 is 5.32 Å². The zero-order chi connectivity index (χ0) is 17.4. The third-order valence-electron chi connectivity index (χ3n) is 4.91. The Labute approximate surface area is 155 Å². The molecule has 1 N–H and O–H groups in total. The monoisotopic (exact) mass is 378 g/mol. The van der Waals surface area contributed by atoms with Gasteiger partial charge in [0.05, 0.1) is 16.8 Å². The number of fused-ring (bicyclic) bond motifs is 2. The van der Waals surface area contributed by atoms with Crippen LogP contribution in [0, 0.1) is 10.1 Å². The van der Waals surface area contributed by atoms with Crippen molar-refractivity contribution in [1.82, 2.24) is 25.2 Å². The maximum Gasteiger partial charge on any atom is 0.276 e. The Morgan fingerprint density at radius 1 is 1.27 bits per heavy atom. The van der Waals surface area contributed by atoms with Crippen molar-refractivity contribution in [3.63, 3.8) is 0 Å². The molecule has 2 aromatic rings. The summed E-state index contributed by atoms with van der Waals surface area (Å²) in [6.45, 7) is 1.73. The molecule has 2 aliphatic heterocycles. The smallest absolute Gasteiger partial charge is 0.276 e. The number of hydrogen-bond donors (Lipinski definition) is 1. The lowest BCUT2D eigenvalue weighted by Gasteiger charge is -2.26. The molecule has 0 saturated carbocycles. The highest BCUT2D eigenvalue weighted by molar-refractivity contribution is 5.92. The number of amides is 1. The van der Waals surface area contributed by atoms with Crippen molar-refractivity contribution in [2.24, 2.45) is 0 Å². The maximum atomic E-state index is 12.9. The molecule has 10 heteroatoms. The van der Waals surface area contributed by atoms with Crippen LogP contribution in [0.5, 0.6) is 0 Å². The van der Waals surface area contributed by atoms with Crippen molar-refractivity contribution in [3.05, 3.63) is 46.3 Å². The summed E-state index contributed by atoms with van der Waals surface area (Å²) in [5, 5.41) is 22.3. The largest absolute Gasteiger partial charge is 0.330 e. The normalized spacial score (nSPS) is 21.8. The number of rotatable bonds is 3. The first-order chi connectivity index (χ1) is 12.1. The average Bonchev–Trinajstić information content (AvgIpc) is 3.18. The van der Waals surface area contributed by atoms with Crippen molar-refractivity contribution in [1.29, 1.82) is 0 Å². The first-order valence-corrected chi connectivity index (χ1v) is 8.34. The highest BCUT2D eigenvalue weighted by Gasteiger charge is 2.39. The van der Waals surface area contributed by atoms with Crippen molar-refractivity contribution in [2.75, 3.05) is 13.1 Å². The summed E-state index contributed by atoms with van der Waals surface area (Å²) in [5.41, 5.74) is 0.740. The number of aromatic nitrogens is 3. The number of carbonyl (C=O) groups is 1. The van der Waals surface area contributed by atoms with E-state index in [-0.39, 0.29) is 41.8 Å². The highest BCUT2D eigenvalue weighted by Crippen LogP contribution is 2.29. The average molecular weight is 379 g/mol. The molecular formula is C16H19ClN6O3. The van der Waals surface area contributed by atoms with Gasteiger partial charge in [-0.3, -0.25) is 14.9 Å². The number of benzene rings is 1. The second kappa shape index (κ2) is 7.38. The van der Waals surface area contributed by atoms with Crippen LogP contribution in [-0.4, -0.2) is 55.9 Å². The fraction of sp³-hybridized carbons (Fsp3) is 0.438. The maximum absolute atomic E-state index is 12.9. The molecule has 1 aromatic heterocycles. The molecule has 1 amide bonds. The molecule has 9 nitrogen and oxygen atoms in total. The molecule has 1 aromatic carbocycles. The summed E-state index contributed by atoms with van der Waals surface area (Å²) < 4.78 is 1.40. The van der Waals surface area contributed by atoms with E-state index in [4.69, 9.17) is 0 Å². The number of nitrogens with zero attached hydrogens (tertiary/aromatic N) is 5. The number of non-ortho nitro benzene ring substituents is 1. The molecule has 26 heavy (non-hydrogen) atoms. The van der Waals surface area contributed by atoms with Crippen LogP contribution in [0.3, 0.4) is 0 Å². The van der Waals surface area contributed by atoms with Crippen LogP contribution in [-0.2, 0) is 0 Å². The lowest BCUT2D eigenvalue weighted by molar-refractivity contribution is -0.384. The lowest BCUT2D eigenvalue weighted by Crippen LogP contribution is -2.42. The standard InChI is InChI=1S/C16H18N6O3.ClH/c23-16(21-11-4-5-14(21)9-17-7-6-11)15-10-20(19-18-15)12-2-1-3-13(8-12)22(24)25;/h1-3,8,10-11,14,17H,4-7,9H2;1H.